The first kappa shape index (κ1) is 29.8. The van der Waals surface area contributed by atoms with Gasteiger partial charge in [-0.3, -0.25) is 19.2 Å². The fraction of sp³-hybridized carbons (Fsp3) is 0.346. The van der Waals surface area contributed by atoms with E-state index in [0.29, 0.717) is 5.75 Å². The lowest BCUT2D eigenvalue weighted by Crippen LogP contribution is -2.54. The molecule has 0 bridgehead atoms. The number of hydrogen-bond acceptors (Lipinski definition) is 6. The average molecular weight is 533 g/mol. The Morgan fingerprint density at radius 1 is 0.921 bits per heavy atom. The van der Waals surface area contributed by atoms with E-state index in [9.17, 15) is 32.3 Å². The van der Waals surface area contributed by atoms with Crippen molar-refractivity contribution in [3.05, 3.63) is 65.2 Å². The molecule has 0 unspecified atom stereocenters. The summed E-state index contributed by atoms with van der Waals surface area (Å²) < 4.78 is 44.4. The topological polar surface area (TPSA) is 137 Å². The molecule has 2 aromatic carbocycles. The Balaban J connectivity index is 2.28. The second-order valence-corrected chi connectivity index (χ2v) is 8.69. The number of nitriles is 1. The van der Waals surface area contributed by atoms with Crippen molar-refractivity contribution in [1.82, 2.24) is 16.0 Å². The van der Waals surface area contributed by atoms with Crippen molar-refractivity contribution in [2.24, 2.45) is 5.92 Å². The van der Waals surface area contributed by atoms with Gasteiger partial charge in [0.05, 0.1) is 24.8 Å². The number of carbonyl (C=O) groups is 4. The molecule has 0 spiro atoms. The van der Waals surface area contributed by atoms with Crippen LogP contribution in [0.15, 0.2) is 48.5 Å². The lowest BCUT2D eigenvalue weighted by atomic mass is 9.97. The van der Waals surface area contributed by atoms with Crippen LogP contribution < -0.4 is 20.7 Å². The Bertz CT molecular complexity index is 1220. The van der Waals surface area contributed by atoms with E-state index in [-0.39, 0.29) is 16.7 Å². The highest BCUT2D eigenvalue weighted by molar-refractivity contribution is 5.99. The van der Waals surface area contributed by atoms with E-state index in [4.69, 9.17) is 10.00 Å². The standard InChI is InChI=1S/C26H27F3N4O5/c1-14(2)20(22(34)26(27,28)29)32-25(37)21(17-8-10-19(38-4)11-9-17)33-23(35)15(3)31-24(36)18-7-5-6-16(12-18)13-30/h5-12,14-15,20-21H,1-4H3,(H,31,36)(H,32,37)(H,33,35)/t15-,20-,21-/m0/s1. The minimum atomic E-state index is -5.18. The van der Waals surface area contributed by atoms with E-state index in [2.05, 4.69) is 16.0 Å². The summed E-state index contributed by atoms with van der Waals surface area (Å²) in [4.78, 5) is 50.5. The predicted molar refractivity (Wildman–Crippen MR) is 130 cm³/mol. The Morgan fingerprint density at radius 3 is 2.08 bits per heavy atom. The maximum absolute atomic E-state index is 13.1. The molecule has 0 heterocycles. The highest BCUT2D eigenvalue weighted by atomic mass is 19.4. The molecule has 3 N–H and O–H groups in total. The summed E-state index contributed by atoms with van der Waals surface area (Å²) in [6.07, 6.45) is -5.18. The number of carbonyl (C=O) groups excluding carboxylic acids is 4. The van der Waals surface area contributed by atoms with E-state index < -0.39 is 53.7 Å². The average Bonchev–Trinajstić information content (AvgIpc) is 2.88. The summed E-state index contributed by atoms with van der Waals surface area (Å²) in [5.74, 6) is -5.14. The number of Topliss-reactive ketones (excluding diaryl/α,β-unsaturated/α-hetero) is 1. The molecule has 2 aromatic rings. The lowest BCUT2D eigenvalue weighted by molar-refractivity contribution is -0.175. The third-order valence-electron chi connectivity index (χ3n) is 5.52. The molecule has 0 aliphatic carbocycles. The summed E-state index contributed by atoms with van der Waals surface area (Å²) in [6, 6.07) is 8.91. The molecule has 0 aliphatic rings. The first-order valence-corrected chi connectivity index (χ1v) is 11.4. The molecule has 0 radical (unpaired) electrons. The fourth-order valence-electron chi connectivity index (χ4n) is 3.39. The molecule has 38 heavy (non-hydrogen) atoms. The van der Waals surface area contributed by atoms with Gasteiger partial charge in [-0.25, -0.2) is 0 Å². The molecule has 0 aliphatic heterocycles. The van der Waals surface area contributed by atoms with Crippen LogP contribution in [0.25, 0.3) is 0 Å². The number of alkyl halides is 3. The van der Waals surface area contributed by atoms with E-state index in [0.717, 1.165) is 0 Å². The zero-order valence-electron chi connectivity index (χ0n) is 21.1. The smallest absolute Gasteiger partial charge is 0.452 e. The Hall–Kier alpha value is -4.40. The molecule has 3 atom stereocenters. The van der Waals surface area contributed by atoms with Gasteiger partial charge in [0.2, 0.25) is 11.8 Å². The molecule has 0 aromatic heterocycles. The number of nitrogens with one attached hydrogen (secondary N) is 3. The Kier molecular flexibility index (Phi) is 9.98. The minimum absolute atomic E-state index is 0.124. The number of ketones is 1. The number of hydrogen-bond donors (Lipinski definition) is 3. The number of halogens is 3. The summed E-state index contributed by atoms with van der Waals surface area (Å²) in [7, 11) is 1.41. The zero-order valence-corrected chi connectivity index (χ0v) is 21.1. The Morgan fingerprint density at radius 2 is 1.55 bits per heavy atom. The van der Waals surface area contributed by atoms with Crippen LogP contribution in [0.2, 0.25) is 0 Å². The highest BCUT2D eigenvalue weighted by Crippen LogP contribution is 2.23. The van der Waals surface area contributed by atoms with Gasteiger partial charge in [0.15, 0.2) is 0 Å². The van der Waals surface area contributed by atoms with Crippen molar-refractivity contribution < 1.29 is 37.1 Å². The number of nitrogens with zero attached hydrogens (tertiary/aromatic N) is 1. The van der Waals surface area contributed by atoms with Crippen LogP contribution in [0.3, 0.4) is 0 Å². The summed E-state index contributed by atoms with van der Waals surface area (Å²) in [5, 5.41) is 16.0. The van der Waals surface area contributed by atoms with Gasteiger partial charge in [-0.1, -0.05) is 32.0 Å². The zero-order chi connectivity index (χ0) is 28.6. The van der Waals surface area contributed by atoms with Gasteiger partial charge < -0.3 is 20.7 Å². The molecule has 2 rings (SSSR count). The van der Waals surface area contributed by atoms with Gasteiger partial charge in [0.1, 0.15) is 17.8 Å². The van der Waals surface area contributed by atoms with Gasteiger partial charge >= 0.3 is 6.18 Å². The van der Waals surface area contributed by atoms with E-state index in [1.54, 1.807) is 0 Å². The molecule has 0 saturated carbocycles. The van der Waals surface area contributed by atoms with Crippen LogP contribution in [0, 0.1) is 17.2 Å². The maximum Gasteiger partial charge on any atom is 0.452 e. The van der Waals surface area contributed by atoms with Gasteiger partial charge in [0, 0.05) is 5.56 Å². The van der Waals surface area contributed by atoms with Crippen molar-refractivity contribution in [3.8, 4) is 11.8 Å². The second kappa shape index (κ2) is 12.7. The lowest BCUT2D eigenvalue weighted by Gasteiger charge is -2.26. The SMILES string of the molecule is COc1ccc([C@H](NC(=O)[C@H](C)NC(=O)c2cccc(C#N)c2)C(=O)N[C@H](C(=O)C(F)(F)F)C(C)C)cc1. The Labute approximate surface area is 217 Å². The maximum atomic E-state index is 13.1. The van der Waals surface area contributed by atoms with Crippen molar-refractivity contribution in [1.29, 1.82) is 5.26 Å². The van der Waals surface area contributed by atoms with Crippen LogP contribution in [0.1, 0.15) is 48.3 Å². The third-order valence-corrected chi connectivity index (χ3v) is 5.52. The summed E-state index contributed by atoms with van der Waals surface area (Å²) in [6.45, 7) is 4.03. The van der Waals surface area contributed by atoms with Gasteiger partial charge in [-0.2, -0.15) is 18.4 Å². The summed E-state index contributed by atoms with van der Waals surface area (Å²) in [5.41, 5.74) is 0.552. The molecule has 202 valence electrons. The quantitative estimate of drug-likeness (QED) is 0.430. The normalized spacial score (nSPS) is 13.4. The molecule has 3 amide bonds. The molecular formula is C26H27F3N4O5. The van der Waals surface area contributed by atoms with Crippen molar-refractivity contribution >= 4 is 23.5 Å². The van der Waals surface area contributed by atoms with Crippen molar-refractivity contribution in [2.45, 2.75) is 45.1 Å². The van der Waals surface area contributed by atoms with Gasteiger partial charge in [-0.15, -0.1) is 0 Å². The summed E-state index contributed by atoms with van der Waals surface area (Å²) >= 11 is 0. The molecule has 12 heteroatoms. The van der Waals surface area contributed by atoms with Crippen LogP contribution in [-0.4, -0.2) is 48.9 Å². The predicted octanol–water partition coefficient (Wildman–Crippen LogP) is 2.81. The van der Waals surface area contributed by atoms with Gasteiger partial charge in [-0.05, 0) is 48.7 Å². The van der Waals surface area contributed by atoms with E-state index in [1.165, 1.54) is 76.4 Å². The van der Waals surface area contributed by atoms with Crippen molar-refractivity contribution in [2.75, 3.05) is 7.11 Å². The number of methoxy groups -OCH3 is 1. The van der Waals surface area contributed by atoms with Crippen LogP contribution in [0.5, 0.6) is 5.75 Å². The van der Waals surface area contributed by atoms with Crippen molar-refractivity contribution in [3.63, 3.8) is 0 Å². The molecule has 9 nitrogen and oxygen atoms in total. The second-order valence-electron chi connectivity index (χ2n) is 8.69. The first-order chi connectivity index (χ1) is 17.8. The van der Waals surface area contributed by atoms with E-state index in [1.807, 2.05) is 6.07 Å². The van der Waals surface area contributed by atoms with Crippen LogP contribution >= 0.6 is 0 Å². The highest BCUT2D eigenvalue weighted by Gasteiger charge is 2.45. The molecule has 0 saturated heterocycles. The first-order valence-electron chi connectivity index (χ1n) is 11.4. The van der Waals surface area contributed by atoms with Crippen LogP contribution in [0.4, 0.5) is 13.2 Å². The number of rotatable bonds is 10. The minimum Gasteiger partial charge on any atom is -0.497 e. The largest absolute Gasteiger partial charge is 0.497 e. The van der Waals surface area contributed by atoms with Gasteiger partial charge in [0.25, 0.3) is 11.7 Å². The van der Waals surface area contributed by atoms with E-state index >= 15 is 0 Å². The van der Waals surface area contributed by atoms with Crippen LogP contribution in [-0.2, 0) is 14.4 Å². The monoisotopic (exact) mass is 532 g/mol. The molecule has 0 fully saturated rings. The third kappa shape index (κ3) is 7.80. The fourth-order valence-corrected chi connectivity index (χ4v) is 3.39. The number of benzene rings is 2. The molecular weight excluding hydrogens is 505 g/mol. The number of amides is 3. The number of ether oxygens (including phenoxy) is 1.